The van der Waals surface area contributed by atoms with Gasteiger partial charge in [0.25, 0.3) is 0 Å². The van der Waals surface area contributed by atoms with Crippen molar-refractivity contribution in [1.82, 2.24) is 0 Å². The van der Waals surface area contributed by atoms with Gasteiger partial charge in [-0.15, -0.1) is 0 Å². The van der Waals surface area contributed by atoms with E-state index in [4.69, 9.17) is 14.6 Å². The molecule has 0 aliphatic carbocycles. The molecule has 17 heavy (non-hydrogen) atoms. The van der Waals surface area contributed by atoms with Crippen molar-refractivity contribution in [2.75, 3.05) is 20.3 Å². The first-order valence-corrected chi connectivity index (χ1v) is 5.56. The Balaban J connectivity index is 2.63. The Kier molecular flexibility index (Phi) is 6.34. The van der Waals surface area contributed by atoms with Gasteiger partial charge < -0.3 is 14.6 Å². The van der Waals surface area contributed by atoms with Crippen LogP contribution in [-0.2, 0) is 16.1 Å². The summed E-state index contributed by atoms with van der Waals surface area (Å²) in [4.78, 5) is 0. The van der Waals surface area contributed by atoms with Crippen molar-refractivity contribution in [3.63, 3.8) is 0 Å². The summed E-state index contributed by atoms with van der Waals surface area (Å²) >= 11 is 0. The number of hydrogen-bond donors (Lipinski definition) is 1. The Morgan fingerprint density at radius 3 is 2.82 bits per heavy atom. The number of ether oxygens (including phenoxy) is 2. The van der Waals surface area contributed by atoms with Gasteiger partial charge in [-0.05, 0) is 18.6 Å². The predicted octanol–water partition coefficient (Wildman–Crippen LogP) is 1.58. The molecule has 0 aliphatic rings. The topological polar surface area (TPSA) is 38.7 Å². The molecule has 0 spiro atoms. The molecule has 0 radical (unpaired) electrons. The Morgan fingerprint density at radius 1 is 1.35 bits per heavy atom. The van der Waals surface area contributed by atoms with Crippen LogP contribution in [0.2, 0.25) is 0 Å². The number of benzene rings is 1. The number of aliphatic hydroxyl groups excluding tert-OH is 1. The number of aliphatic hydroxyl groups is 1. The summed E-state index contributed by atoms with van der Waals surface area (Å²) in [5, 5.41) is 8.69. The lowest BCUT2D eigenvalue weighted by Gasteiger charge is -2.12. The van der Waals surface area contributed by atoms with Crippen molar-refractivity contribution < 1.29 is 14.6 Å². The predicted molar refractivity (Wildman–Crippen MR) is 66.5 cm³/mol. The van der Waals surface area contributed by atoms with Crippen LogP contribution in [0.15, 0.2) is 24.3 Å². The van der Waals surface area contributed by atoms with Crippen molar-refractivity contribution in [3.8, 4) is 11.8 Å². The van der Waals surface area contributed by atoms with Crippen LogP contribution in [0.4, 0.5) is 0 Å². The lowest BCUT2D eigenvalue weighted by molar-refractivity contribution is -0.000193. The highest BCUT2D eigenvalue weighted by molar-refractivity contribution is 5.40. The molecule has 1 aromatic carbocycles. The monoisotopic (exact) mass is 234 g/mol. The SMILES string of the molecule is COCC(C)OCc1ccccc1C#CCO. The van der Waals surface area contributed by atoms with E-state index in [1.54, 1.807) is 7.11 Å². The second-order valence-corrected chi connectivity index (χ2v) is 3.69. The van der Waals surface area contributed by atoms with E-state index in [0.29, 0.717) is 13.2 Å². The van der Waals surface area contributed by atoms with Crippen molar-refractivity contribution >= 4 is 0 Å². The molecule has 1 unspecified atom stereocenters. The van der Waals surface area contributed by atoms with Gasteiger partial charge in [-0.25, -0.2) is 0 Å². The zero-order valence-electron chi connectivity index (χ0n) is 10.3. The highest BCUT2D eigenvalue weighted by atomic mass is 16.5. The van der Waals surface area contributed by atoms with E-state index in [0.717, 1.165) is 11.1 Å². The molecule has 1 N–H and O–H groups in total. The molecule has 1 aromatic rings. The average Bonchev–Trinajstić information content (AvgIpc) is 2.35. The molecular formula is C14H18O3. The molecule has 0 aromatic heterocycles. The first kappa shape index (κ1) is 13.7. The summed E-state index contributed by atoms with van der Waals surface area (Å²) < 4.78 is 10.6. The minimum Gasteiger partial charge on any atom is -0.384 e. The third-order valence-electron chi connectivity index (χ3n) is 2.24. The van der Waals surface area contributed by atoms with Gasteiger partial charge in [0.15, 0.2) is 0 Å². The lowest BCUT2D eigenvalue weighted by atomic mass is 10.1. The van der Waals surface area contributed by atoms with Crippen LogP contribution in [0.25, 0.3) is 0 Å². The zero-order valence-corrected chi connectivity index (χ0v) is 10.3. The molecule has 0 saturated heterocycles. The van der Waals surface area contributed by atoms with E-state index in [1.807, 2.05) is 31.2 Å². The fourth-order valence-electron chi connectivity index (χ4n) is 1.42. The van der Waals surface area contributed by atoms with Crippen LogP contribution in [-0.4, -0.2) is 31.5 Å². The van der Waals surface area contributed by atoms with Crippen molar-refractivity contribution in [2.24, 2.45) is 0 Å². The largest absolute Gasteiger partial charge is 0.384 e. The van der Waals surface area contributed by atoms with Crippen molar-refractivity contribution in [3.05, 3.63) is 35.4 Å². The van der Waals surface area contributed by atoms with Crippen LogP contribution < -0.4 is 0 Å². The molecule has 0 amide bonds. The van der Waals surface area contributed by atoms with E-state index in [1.165, 1.54) is 0 Å². The normalized spacial score (nSPS) is 11.7. The van der Waals surface area contributed by atoms with Crippen LogP contribution in [0.3, 0.4) is 0 Å². The lowest BCUT2D eigenvalue weighted by Crippen LogP contribution is -2.14. The van der Waals surface area contributed by atoms with Gasteiger partial charge in [-0.3, -0.25) is 0 Å². The van der Waals surface area contributed by atoms with Gasteiger partial charge >= 0.3 is 0 Å². The molecule has 0 aliphatic heterocycles. The number of methoxy groups -OCH3 is 1. The van der Waals surface area contributed by atoms with Gasteiger partial charge in [0, 0.05) is 12.7 Å². The summed E-state index contributed by atoms with van der Waals surface area (Å²) in [7, 11) is 1.65. The third kappa shape index (κ3) is 5.01. The fourth-order valence-corrected chi connectivity index (χ4v) is 1.42. The quantitative estimate of drug-likeness (QED) is 0.786. The van der Waals surface area contributed by atoms with E-state index < -0.39 is 0 Å². The molecule has 1 rings (SSSR count). The molecule has 0 fully saturated rings. The van der Waals surface area contributed by atoms with E-state index in [2.05, 4.69) is 11.8 Å². The first-order valence-electron chi connectivity index (χ1n) is 5.56. The Bertz CT molecular complexity index is 390. The molecule has 1 atom stereocenters. The van der Waals surface area contributed by atoms with Gasteiger partial charge in [-0.2, -0.15) is 0 Å². The minimum absolute atomic E-state index is 0.0545. The maximum absolute atomic E-state index is 8.69. The zero-order chi connectivity index (χ0) is 12.5. The van der Waals surface area contributed by atoms with Crippen LogP contribution >= 0.6 is 0 Å². The number of rotatable bonds is 5. The van der Waals surface area contributed by atoms with Crippen molar-refractivity contribution in [2.45, 2.75) is 19.6 Å². The maximum atomic E-state index is 8.69. The van der Waals surface area contributed by atoms with E-state index in [9.17, 15) is 0 Å². The Hall–Kier alpha value is -1.34. The molecular weight excluding hydrogens is 216 g/mol. The molecule has 3 heteroatoms. The average molecular weight is 234 g/mol. The molecule has 0 heterocycles. The fraction of sp³-hybridized carbons (Fsp3) is 0.429. The summed E-state index contributed by atoms with van der Waals surface area (Å²) in [6.45, 7) is 2.91. The standard InChI is InChI=1S/C14H18O3/c1-12(10-16-2)17-11-14-7-4-3-6-13(14)8-5-9-15/h3-4,6-7,12,15H,9-11H2,1-2H3. The van der Waals surface area contributed by atoms with Crippen molar-refractivity contribution in [1.29, 1.82) is 0 Å². The van der Waals surface area contributed by atoms with Crippen LogP contribution in [0, 0.1) is 11.8 Å². The summed E-state index contributed by atoms with van der Waals surface area (Å²) in [5.41, 5.74) is 1.92. The Labute approximate surface area is 102 Å². The first-order chi connectivity index (χ1) is 8.27. The molecule has 92 valence electrons. The van der Waals surface area contributed by atoms with Crippen LogP contribution in [0.1, 0.15) is 18.1 Å². The van der Waals surface area contributed by atoms with Gasteiger partial charge in [-0.1, -0.05) is 30.0 Å². The highest BCUT2D eigenvalue weighted by Gasteiger charge is 2.04. The van der Waals surface area contributed by atoms with E-state index >= 15 is 0 Å². The summed E-state index contributed by atoms with van der Waals surface area (Å²) in [6, 6.07) is 7.76. The number of hydrogen-bond acceptors (Lipinski definition) is 3. The summed E-state index contributed by atoms with van der Waals surface area (Å²) in [6.07, 6.45) is 0.0545. The summed E-state index contributed by atoms with van der Waals surface area (Å²) in [5.74, 6) is 5.55. The second-order valence-electron chi connectivity index (χ2n) is 3.69. The smallest absolute Gasteiger partial charge is 0.104 e. The van der Waals surface area contributed by atoms with Gasteiger partial charge in [0.2, 0.25) is 0 Å². The van der Waals surface area contributed by atoms with Gasteiger partial charge in [0.1, 0.15) is 6.61 Å². The molecule has 0 saturated carbocycles. The molecule has 3 nitrogen and oxygen atoms in total. The maximum Gasteiger partial charge on any atom is 0.104 e. The second kappa shape index (κ2) is 7.86. The Morgan fingerprint density at radius 2 is 2.12 bits per heavy atom. The van der Waals surface area contributed by atoms with Gasteiger partial charge in [0.05, 0.1) is 19.3 Å². The minimum atomic E-state index is -0.130. The highest BCUT2D eigenvalue weighted by Crippen LogP contribution is 2.10. The van der Waals surface area contributed by atoms with Crippen LogP contribution in [0.5, 0.6) is 0 Å². The van der Waals surface area contributed by atoms with E-state index in [-0.39, 0.29) is 12.7 Å². The third-order valence-corrected chi connectivity index (χ3v) is 2.24. The molecule has 0 bridgehead atoms.